The lowest BCUT2D eigenvalue weighted by molar-refractivity contribution is 1.03. The summed E-state index contributed by atoms with van der Waals surface area (Å²) in [6.07, 6.45) is 3.77. The van der Waals surface area contributed by atoms with Crippen LogP contribution in [0.3, 0.4) is 0 Å². The largest absolute Gasteiger partial charge is 0.306 e. The number of benzene rings is 1. The molecule has 2 rings (SSSR count). The Labute approximate surface area is 94.5 Å². The Bertz CT molecular complexity index is 474. The highest BCUT2D eigenvalue weighted by atomic mass is 35.5. The number of hydrogen-bond donors (Lipinski definition) is 0. The predicted octanol–water partition coefficient (Wildman–Crippen LogP) is 3.23. The minimum atomic E-state index is 0.456. The van der Waals surface area contributed by atoms with Crippen molar-refractivity contribution in [3.8, 4) is 5.69 Å². The summed E-state index contributed by atoms with van der Waals surface area (Å²) in [7, 11) is 0. The van der Waals surface area contributed by atoms with E-state index in [4.69, 9.17) is 11.6 Å². The van der Waals surface area contributed by atoms with Gasteiger partial charge in [-0.3, -0.25) is 0 Å². The third kappa shape index (κ3) is 1.90. The molecule has 0 aliphatic carbocycles. The first-order valence-electron chi connectivity index (χ1n) is 4.88. The molecular formula is C12H13ClN2. The second-order valence-corrected chi connectivity index (χ2v) is 3.89. The Hall–Kier alpha value is -1.28. The number of hydrogen-bond acceptors (Lipinski definition) is 1. The minimum absolute atomic E-state index is 0.456. The van der Waals surface area contributed by atoms with Gasteiger partial charge in [-0.05, 0) is 31.0 Å². The van der Waals surface area contributed by atoms with Crippen LogP contribution in [0.25, 0.3) is 5.69 Å². The summed E-state index contributed by atoms with van der Waals surface area (Å²) in [4.78, 5) is 4.21. The van der Waals surface area contributed by atoms with Crippen molar-refractivity contribution < 1.29 is 0 Å². The third-order valence-electron chi connectivity index (χ3n) is 2.63. The maximum absolute atomic E-state index is 5.72. The average molecular weight is 221 g/mol. The number of alkyl halides is 1. The molecule has 0 aliphatic rings. The number of aryl methyl sites for hydroxylation is 1. The molecule has 1 aromatic heterocycles. The Kier molecular flexibility index (Phi) is 2.78. The number of halogens is 1. The van der Waals surface area contributed by atoms with Crippen molar-refractivity contribution in [1.29, 1.82) is 0 Å². The van der Waals surface area contributed by atoms with E-state index in [0.29, 0.717) is 5.88 Å². The van der Waals surface area contributed by atoms with E-state index in [-0.39, 0.29) is 0 Å². The molecule has 15 heavy (non-hydrogen) atoms. The van der Waals surface area contributed by atoms with E-state index in [1.54, 1.807) is 6.33 Å². The molecule has 2 aromatic rings. The van der Waals surface area contributed by atoms with Gasteiger partial charge < -0.3 is 4.57 Å². The summed E-state index contributed by atoms with van der Waals surface area (Å²) in [6, 6.07) is 6.25. The molecule has 0 fully saturated rings. The smallest absolute Gasteiger partial charge is 0.0995 e. The monoisotopic (exact) mass is 220 g/mol. The van der Waals surface area contributed by atoms with E-state index in [2.05, 4.69) is 37.0 Å². The van der Waals surface area contributed by atoms with Crippen LogP contribution in [-0.2, 0) is 5.88 Å². The zero-order chi connectivity index (χ0) is 10.8. The summed E-state index contributed by atoms with van der Waals surface area (Å²) < 4.78 is 2.01. The molecule has 0 amide bonds. The first-order valence-corrected chi connectivity index (χ1v) is 5.41. The lowest BCUT2D eigenvalue weighted by atomic mass is 10.1. The van der Waals surface area contributed by atoms with Crippen LogP contribution in [0.1, 0.15) is 16.8 Å². The highest BCUT2D eigenvalue weighted by molar-refractivity contribution is 6.16. The van der Waals surface area contributed by atoms with Crippen molar-refractivity contribution >= 4 is 11.6 Å². The first kappa shape index (κ1) is 10.2. The molecule has 0 spiro atoms. The van der Waals surface area contributed by atoms with E-state index < -0.39 is 0 Å². The lowest BCUT2D eigenvalue weighted by Gasteiger charge is -2.08. The molecule has 2 nitrogen and oxygen atoms in total. The fourth-order valence-electron chi connectivity index (χ4n) is 1.58. The fourth-order valence-corrected chi connectivity index (χ4v) is 1.72. The quantitative estimate of drug-likeness (QED) is 0.711. The normalized spacial score (nSPS) is 10.6. The Morgan fingerprint density at radius 2 is 2.13 bits per heavy atom. The molecule has 0 saturated heterocycles. The van der Waals surface area contributed by atoms with Crippen LogP contribution < -0.4 is 0 Å². The van der Waals surface area contributed by atoms with E-state index in [9.17, 15) is 0 Å². The zero-order valence-electron chi connectivity index (χ0n) is 8.87. The van der Waals surface area contributed by atoms with Gasteiger partial charge in [-0.25, -0.2) is 4.98 Å². The van der Waals surface area contributed by atoms with Crippen molar-refractivity contribution in [2.75, 3.05) is 0 Å². The second-order valence-electron chi connectivity index (χ2n) is 3.62. The fraction of sp³-hybridized carbons (Fsp3) is 0.250. The van der Waals surface area contributed by atoms with Crippen LogP contribution in [0.5, 0.6) is 0 Å². The van der Waals surface area contributed by atoms with Crippen LogP contribution in [0.4, 0.5) is 0 Å². The van der Waals surface area contributed by atoms with Gasteiger partial charge in [0.05, 0.1) is 17.9 Å². The summed E-state index contributed by atoms with van der Waals surface area (Å²) in [5, 5.41) is 0. The summed E-state index contributed by atoms with van der Waals surface area (Å²) in [6.45, 7) is 4.23. The first-order chi connectivity index (χ1) is 7.22. The number of rotatable bonds is 2. The molecule has 0 radical (unpaired) electrons. The van der Waals surface area contributed by atoms with Gasteiger partial charge >= 0.3 is 0 Å². The third-order valence-corrected chi connectivity index (χ3v) is 2.90. The molecule has 0 N–H and O–H groups in total. The van der Waals surface area contributed by atoms with Gasteiger partial charge in [-0.2, -0.15) is 0 Å². The lowest BCUT2D eigenvalue weighted by Crippen LogP contribution is -1.95. The van der Waals surface area contributed by atoms with Crippen LogP contribution in [-0.4, -0.2) is 9.55 Å². The van der Waals surface area contributed by atoms with E-state index in [0.717, 1.165) is 5.69 Å². The van der Waals surface area contributed by atoms with Crippen molar-refractivity contribution in [2.45, 2.75) is 19.7 Å². The van der Waals surface area contributed by atoms with Crippen molar-refractivity contribution in [2.24, 2.45) is 0 Å². The molecular weight excluding hydrogens is 208 g/mol. The molecule has 0 saturated carbocycles. The zero-order valence-corrected chi connectivity index (χ0v) is 9.62. The molecule has 0 atom stereocenters. The summed E-state index contributed by atoms with van der Waals surface area (Å²) in [5.41, 5.74) is 4.63. The van der Waals surface area contributed by atoms with Gasteiger partial charge in [-0.1, -0.05) is 12.1 Å². The van der Waals surface area contributed by atoms with E-state index in [1.807, 2.05) is 10.8 Å². The van der Waals surface area contributed by atoms with Gasteiger partial charge in [0.1, 0.15) is 0 Å². The van der Waals surface area contributed by atoms with Crippen LogP contribution >= 0.6 is 11.6 Å². The maximum atomic E-state index is 5.72. The summed E-state index contributed by atoms with van der Waals surface area (Å²) >= 11 is 5.72. The Balaban J connectivity index is 2.49. The number of aromatic nitrogens is 2. The maximum Gasteiger partial charge on any atom is 0.0995 e. The van der Waals surface area contributed by atoms with E-state index in [1.165, 1.54) is 16.8 Å². The average Bonchev–Trinajstić information content (AvgIpc) is 2.70. The SMILES string of the molecule is Cc1cccc(-n2cnc(CCl)c2)c1C. The molecule has 78 valence electrons. The van der Waals surface area contributed by atoms with Crippen LogP contribution in [0.2, 0.25) is 0 Å². The van der Waals surface area contributed by atoms with E-state index >= 15 is 0 Å². The second kappa shape index (κ2) is 4.07. The summed E-state index contributed by atoms with van der Waals surface area (Å²) in [5.74, 6) is 0.456. The predicted molar refractivity (Wildman–Crippen MR) is 62.6 cm³/mol. The molecule has 1 heterocycles. The topological polar surface area (TPSA) is 17.8 Å². The van der Waals surface area contributed by atoms with Crippen LogP contribution in [0, 0.1) is 13.8 Å². The van der Waals surface area contributed by atoms with Gasteiger partial charge in [0.15, 0.2) is 0 Å². The Morgan fingerprint density at radius 3 is 2.80 bits per heavy atom. The molecule has 0 bridgehead atoms. The van der Waals surface area contributed by atoms with Crippen molar-refractivity contribution in [1.82, 2.24) is 9.55 Å². The number of nitrogens with zero attached hydrogens (tertiary/aromatic N) is 2. The van der Waals surface area contributed by atoms with Crippen LogP contribution in [0.15, 0.2) is 30.7 Å². The minimum Gasteiger partial charge on any atom is -0.306 e. The van der Waals surface area contributed by atoms with Gasteiger partial charge in [0.2, 0.25) is 0 Å². The molecule has 1 aromatic carbocycles. The Morgan fingerprint density at radius 1 is 1.33 bits per heavy atom. The molecule has 0 unspecified atom stereocenters. The van der Waals surface area contributed by atoms with Crippen molar-refractivity contribution in [3.05, 3.63) is 47.5 Å². The molecule has 3 heteroatoms. The van der Waals surface area contributed by atoms with Gasteiger partial charge in [0.25, 0.3) is 0 Å². The van der Waals surface area contributed by atoms with Gasteiger partial charge in [-0.15, -0.1) is 11.6 Å². The molecule has 0 aliphatic heterocycles. The van der Waals surface area contributed by atoms with Gasteiger partial charge in [0, 0.05) is 11.9 Å². The van der Waals surface area contributed by atoms with Crippen molar-refractivity contribution in [3.63, 3.8) is 0 Å². The standard InChI is InChI=1S/C12H13ClN2/c1-9-4-3-5-12(10(9)2)15-7-11(6-13)14-8-15/h3-5,7-8H,6H2,1-2H3. The number of imidazole rings is 1. The highest BCUT2D eigenvalue weighted by Crippen LogP contribution is 2.17. The highest BCUT2D eigenvalue weighted by Gasteiger charge is 2.04.